The van der Waals surface area contributed by atoms with E-state index in [0.29, 0.717) is 31.1 Å². The van der Waals surface area contributed by atoms with E-state index in [1.54, 1.807) is 11.1 Å². The summed E-state index contributed by atoms with van der Waals surface area (Å²) in [5.74, 6) is 0. The smallest absolute Gasteiger partial charge is 0.410 e. The Bertz CT molecular complexity index is 759. The van der Waals surface area contributed by atoms with Crippen molar-refractivity contribution in [2.75, 3.05) is 19.7 Å². The molecule has 1 atom stereocenters. The monoisotopic (exact) mass is 394 g/mol. The maximum Gasteiger partial charge on any atom is 0.410 e. The van der Waals surface area contributed by atoms with Crippen LogP contribution < -0.4 is 0 Å². The van der Waals surface area contributed by atoms with Crippen molar-refractivity contribution in [1.82, 2.24) is 9.27 Å². The highest BCUT2D eigenvalue weighted by Gasteiger charge is 2.29. The van der Waals surface area contributed by atoms with Crippen LogP contribution in [0.5, 0.6) is 0 Å². The fourth-order valence-corrected chi connectivity index (χ4v) is 3.98. The first-order valence-corrected chi connectivity index (χ1v) is 9.76. The lowest BCUT2D eigenvalue weighted by Crippen LogP contribution is -2.48. The number of halogens is 1. The highest BCUT2D eigenvalue weighted by Crippen LogP contribution is 2.34. The predicted molar refractivity (Wildman–Crippen MR) is 104 cm³/mol. The molecule has 1 fully saturated rings. The molecule has 0 aliphatic carbocycles. The number of carbonyl (C=O) groups is 1. The average molecular weight is 395 g/mol. The molecule has 26 heavy (non-hydrogen) atoms. The molecule has 2 aromatic rings. The molecular formula is C19H23ClN2O3S. The minimum atomic E-state index is -0.503. The molecule has 0 bridgehead atoms. The van der Waals surface area contributed by atoms with E-state index in [1.165, 1.54) is 11.5 Å². The predicted octanol–water partition coefficient (Wildman–Crippen LogP) is 4.64. The lowest BCUT2D eigenvalue weighted by Gasteiger charge is -2.34. The summed E-state index contributed by atoms with van der Waals surface area (Å²) in [5.41, 5.74) is 1.59. The van der Waals surface area contributed by atoms with Crippen molar-refractivity contribution in [3.63, 3.8) is 0 Å². The number of nitrogens with zero attached hydrogens (tertiary/aromatic N) is 2. The first-order valence-electron chi connectivity index (χ1n) is 8.61. The van der Waals surface area contributed by atoms with E-state index in [2.05, 4.69) is 10.4 Å². The van der Waals surface area contributed by atoms with Crippen LogP contribution >= 0.6 is 23.1 Å². The van der Waals surface area contributed by atoms with Crippen LogP contribution in [-0.4, -0.2) is 46.8 Å². The minimum Gasteiger partial charge on any atom is -0.444 e. The maximum atomic E-state index is 12.3. The number of ether oxygens (including phenoxy) is 2. The summed E-state index contributed by atoms with van der Waals surface area (Å²) in [6.45, 7) is 7.16. The zero-order valence-electron chi connectivity index (χ0n) is 15.2. The first-order chi connectivity index (χ1) is 12.3. The molecule has 140 valence electrons. The molecule has 1 aliphatic rings. The van der Waals surface area contributed by atoms with Gasteiger partial charge >= 0.3 is 6.09 Å². The fraction of sp³-hybridized carbons (Fsp3) is 0.474. The van der Waals surface area contributed by atoms with E-state index in [9.17, 15) is 4.79 Å². The van der Waals surface area contributed by atoms with E-state index in [1.807, 2.05) is 39.0 Å². The molecule has 0 spiro atoms. The number of morpholine rings is 1. The molecule has 0 saturated carbocycles. The van der Waals surface area contributed by atoms with Crippen molar-refractivity contribution in [2.24, 2.45) is 0 Å². The Morgan fingerprint density at radius 1 is 1.42 bits per heavy atom. The summed E-state index contributed by atoms with van der Waals surface area (Å²) in [6.07, 6.45) is 2.06. The van der Waals surface area contributed by atoms with Crippen LogP contribution in [0.4, 0.5) is 4.79 Å². The zero-order valence-corrected chi connectivity index (χ0v) is 16.8. The highest BCUT2D eigenvalue weighted by atomic mass is 35.5. The number of benzene rings is 1. The summed E-state index contributed by atoms with van der Waals surface area (Å²) in [7, 11) is 0. The van der Waals surface area contributed by atoms with Gasteiger partial charge in [0.25, 0.3) is 0 Å². The van der Waals surface area contributed by atoms with Gasteiger partial charge in [0.2, 0.25) is 0 Å². The Morgan fingerprint density at radius 3 is 2.92 bits per heavy atom. The molecular weight excluding hydrogens is 372 g/mol. The van der Waals surface area contributed by atoms with Gasteiger partial charge in [0.1, 0.15) is 5.60 Å². The lowest BCUT2D eigenvalue weighted by molar-refractivity contribution is -0.0414. The summed E-state index contributed by atoms with van der Waals surface area (Å²) in [6, 6.07) is 7.84. The van der Waals surface area contributed by atoms with Gasteiger partial charge in [-0.15, -0.1) is 0 Å². The summed E-state index contributed by atoms with van der Waals surface area (Å²) in [5, 5.41) is 0.701. The second kappa shape index (κ2) is 7.94. The number of hydrogen-bond acceptors (Lipinski definition) is 5. The highest BCUT2D eigenvalue weighted by molar-refractivity contribution is 7.09. The molecule has 1 aromatic carbocycles. The third-order valence-corrected chi connectivity index (χ3v) is 5.10. The molecule has 0 unspecified atom stereocenters. The summed E-state index contributed by atoms with van der Waals surface area (Å²) < 4.78 is 15.6. The third kappa shape index (κ3) is 4.75. The van der Waals surface area contributed by atoms with Crippen LogP contribution in [0.1, 0.15) is 26.3 Å². The number of carbonyl (C=O) groups excluding carboxylic acids is 1. The van der Waals surface area contributed by atoms with Crippen LogP contribution in [-0.2, 0) is 15.9 Å². The van der Waals surface area contributed by atoms with Gasteiger partial charge in [0, 0.05) is 29.7 Å². The molecule has 5 nitrogen and oxygen atoms in total. The van der Waals surface area contributed by atoms with Gasteiger partial charge in [-0.05, 0) is 50.0 Å². The second-order valence-corrected chi connectivity index (χ2v) is 8.51. The molecule has 7 heteroatoms. The molecule has 0 radical (unpaired) electrons. The van der Waals surface area contributed by atoms with Crippen LogP contribution in [0.2, 0.25) is 5.02 Å². The SMILES string of the molecule is CC(C)(C)OC(=O)N1CCO[C@H](Cc2cccc(Cl)c2-c2ccns2)C1. The topological polar surface area (TPSA) is 51.7 Å². The molecule has 1 amide bonds. The molecule has 1 saturated heterocycles. The van der Waals surface area contributed by atoms with E-state index >= 15 is 0 Å². The third-order valence-electron chi connectivity index (χ3n) is 4.02. The van der Waals surface area contributed by atoms with Gasteiger partial charge in [-0.3, -0.25) is 0 Å². The Labute approximate surface area is 163 Å². The van der Waals surface area contributed by atoms with Gasteiger partial charge in [-0.1, -0.05) is 23.7 Å². The maximum absolute atomic E-state index is 12.3. The van der Waals surface area contributed by atoms with Gasteiger partial charge < -0.3 is 14.4 Å². The molecule has 0 N–H and O–H groups in total. The first kappa shape index (κ1) is 19.1. The minimum absolute atomic E-state index is 0.0959. The van der Waals surface area contributed by atoms with E-state index < -0.39 is 5.60 Å². The Hall–Kier alpha value is -1.63. The van der Waals surface area contributed by atoms with Crippen molar-refractivity contribution < 1.29 is 14.3 Å². The number of rotatable bonds is 3. The number of hydrogen-bond donors (Lipinski definition) is 0. The second-order valence-electron chi connectivity index (χ2n) is 7.27. The molecule has 1 aliphatic heterocycles. The van der Waals surface area contributed by atoms with Crippen molar-refractivity contribution in [3.05, 3.63) is 41.0 Å². The van der Waals surface area contributed by atoms with E-state index in [0.717, 1.165) is 16.0 Å². The summed E-state index contributed by atoms with van der Waals surface area (Å²) >= 11 is 7.86. The van der Waals surface area contributed by atoms with Crippen molar-refractivity contribution in [3.8, 4) is 10.4 Å². The molecule has 3 rings (SSSR count). The largest absolute Gasteiger partial charge is 0.444 e. The standard InChI is InChI=1S/C19H23ClN2O3S/c1-19(2,3)25-18(23)22-9-10-24-14(12-22)11-13-5-4-6-15(20)17(13)16-7-8-21-26-16/h4-8,14H,9-12H2,1-3H3/t14-/m1/s1. The van der Waals surface area contributed by atoms with Gasteiger partial charge in [-0.2, -0.15) is 0 Å². The van der Waals surface area contributed by atoms with E-state index in [-0.39, 0.29) is 12.2 Å². The summed E-state index contributed by atoms with van der Waals surface area (Å²) in [4.78, 5) is 15.1. The van der Waals surface area contributed by atoms with Crippen LogP contribution in [0.25, 0.3) is 10.4 Å². The Balaban J connectivity index is 1.74. The van der Waals surface area contributed by atoms with Gasteiger partial charge in [-0.25, -0.2) is 9.17 Å². The van der Waals surface area contributed by atoms with E-state index in [4.69, 9.17) is 21.1 Å². The quantitative estimate of drug-likeness (QED) is 0.760. The van der Waals surface area contributed by atoms with Crippen molar-refractivity contribution >= 4 is 29.2 Å². The van der Waals surface area contributed by atoms with Crippen molar-refractivity contribution in [1.29, 1.82) is 0 Å². The Morgan fingerprint density at radius 2 is 2.23 bits per heavy atom. The number of aromatic nitrogens is 1. The van der Waals surface area contributed by atoms with Crippen molar-refractivity contribution in [2.45, 2.75) is 38.9 Å². The van der Waals surface area contributed by atoms with Crippen LogP contribution in [0, 0.1) is 0 Å². The normalized spacial score (nSPS) is 18.0. The fourth-order valence-electron chi connectivity index (χ4n) is 2.94. The Kier molecular flexibility index (Phi) is 5.85. The molecule has 1 aromatic heterocycles. The van der Waals surface area contributed by atoms with Crippen LogP contribution in [0.3, 0.4) is 0 Å². The zero-order chi connectivity index (χ0) is 18.7. The van der Waals surface area contributed by atoms with Crippen LogP contribution in [0.15, 0.2) is 30.5 Å². The van der Waals surface area contributed by atoms with Gasteiger partial charge in [0.15, 0.2) is 0 Å². The average Bonchev–Trinajstić information content (AvgIpc) is 3.08. The van der Waals surface area contributed by atoms with Gasteiger partial charge in [0.05, 0.1) is 24.1 Å². The number of amides is 1. The molecule has 2 heterocycles. The lowest BCUT2D eigenvalue weighted by atomic mass is 9.99.